The van der Waals surface area contributed by atoms with Gasteiger partial charge >= 0.3 is 0 Å². The summed E-state index contributed by atoms with van der Waals surface area (Å²) in [7, 11) is 0. The van der Waals surface area contributed by atoms with Crippen molar-refractivity contribution in [3.8, 4) is 0 Å². The van der Waals surface area contributed by atoms with Crippen molar-refractivity contribution in [1.82, 2.24) is 0 Å². The predicted octanol–water partition coefficient (Wildman–Crippen LogP) is 2.22. The molecule has 0 aliphatic heterocycles. The molecule has 58 valence electrons. The fraction of sp³-hybridized carbons (Fsp3) is 0. The minimum atomic E-state index is -0.337. The van der Waals surface area contributed by atoms with Crippen molar-refractivity contribution in [2.45, 2.75) is 0 Å². The lowest BCUT2D eigenvalue weighted by molar-refractivity contribution is 0.627. The SMILES string of the molecule is NC(=S)c1cc(F)ccc1Br. The van der Waals surface area contributed by atoms with Crippen molar-refractivity contribution < 1.29 is 4.39 Å². The van der Waals surface area contributed by atoms with E-state index in [-0.39, 0.29) is 10.8 Å². The van der Waals surface area contributed by atoms with E-state index >= 15 is 0 Å². The number of hydrogen-bond acceptors (Lipinski definition) is 1. The van der Waals surface area contributed by atoms with E-state index < -0.39 is 0 Å². The maximum absolute atomic E-state index is 12.6. The van der Waals surface area contributed by atoms with Crippen LogP contribution in [-0.4, -0.2) is 4.99 Å². The second kappa shape index (κ2) is 3.28. The standard InChI is InChI=1S/C7H5BrFNS/c8-6-2-1-4(9)3-5(6)7(10)11/h1-3H,(H2,10,11). The summed E-state index contributed by atoms with van der Waals surface area (Å²) >= 11 is 7.89. The normalized spacial score (nSPS) is 9.64. The van der Waals surface area contributed by atoms with Crippen molar-refractivity contribution in [3.05, 3.63) is 34.1 Å². The molecule has 0 bridgehead atoms. The van der Waals surface area contributed by atoms with E-state index in [1.54, 1.807) is 6.07 Å². The molecule has 1 rings (SSSR count). The number of nitrogens with two attached hydrogens (primary N) is 1. The zero-order valence-corrected chi connectivity index (χ0v) is 7.88. The maximum Gasteiger partial charge on any atom is 0.123 e. The van der Waals surface area contributed by atoms with Gasteiger partial charge in [0, 0.05) is 10.0 Å². The summed E-state index contributed by atoms with van der Waals surface area (Å²) in [6.07, 6.45) is 0. The highest BCUT2D eigenvalue weighted by atomic mass is 79.9. The van der Waals surface area contributed by atoms with Gasteiger partial charge in [-0.15, -0.1) is 0 Å². The first kappa shape index (κ1) is 8.62. The molecule has 4 heteroatoms. The van der Waals surface area contributed by atoms with Gasteiger partial charge < -0.3 is 5.73 Å². The van der Waals surface area contributed by atoms with E-state index in [1.807, 2.05) is 0 Å². The maximum atomic E-state index is 12.6. The van der Waals surface area contributed by atoms with Gasteiger partial charge in [-0.1, -0.05) is 28.1 Å². The van der Waals surface area contributed by atoms with Crippen LogP contribution in [0.4, 0.5) is 4.39 Å². The van der Waals surface area contributed by atoms with Crippen LogP contribution in [0.2, 0.25) is 0 Å². The number of halogens is 2. The highest BCUT2D eigenvalue weighted by Gasteiger charge is 2.02. The fourth-order valence-corrected chi connectivity index (χ4v) is 1.45. The lowest BCUT2D eigenvalue weighted by atomic mass is 10.2. The largest absolute Gasteiger partial charge is 0.389 e. The Hall–Kier alpha value is -0.480. The molecule has 0 saturated carbocycles. The van der Waals surface area contributed by atoms with Crippen LogP contribution in [0.3, 0.4) is 0 Å². The van der Waals surface area contributed by atoms with Crippen LogP contribution in [0.5, 0.6) is 0 Å². The van der Waals surface area contributed by atoms with E-state index in [0.29, 0.717) is 10.0 Å². The van der Waals surface area contributed by atoms with Crippen LogP contribution in [0.25, 0.3) is 0 Å². The summed E-state index contributed by atoms with van der Waals surface area (Å²) in [5.74, 6) is -0.337. The molecule has 1 aromatic carbocycles. The van der Waals surface area contributed by atoms with Crippen LogP contribution in [0.15, 0.2) is 22.7 Å². The third-order valence-corrected chi connectivity index (χ3v) is 2.11. The molecule has 1 aromatic rings. The van der Waals surface area contributed by atoms with Gasteiger partial charge in [-0.25, -0.2) is 4.39 Å². The number of thiocarbonyl (C=S) groups is 1. The number of rotatable bonds is 1. The Labute approximate surface area is 77.5 Å². The van der Waals surface area contributed by atoms with Gasteiger partial charge in [0.2, 0.25) is 0 Å². The van der Waals surface area contributed by atoms with Gasteiger partial charge in [-0.2, -0.15) is 0 Å². The topological polar surface area (TPSA) is 26.0 Å². The molecule has 2 N–H and O–H groups in total. The Morgan fingerprint density at radius 3 is 2.64 bits per heavy atom. The van der Waals surface area contributed by atoms with Crippen LogP contribution >= 0.6 is 28.1 Å². The van der Waals surface area contributed by atoms with E-state index in [0.717, 1.165) is 0 Å². The predicted molar refractivity (Wildman–Crippen MR) is 50.0 cm³/mol. The summed E-state index contributed by atoms with van der Waals surface area (Å²) in [6, 6.07) is 4.21. The van der Waals surface area contributed by atoms with Crippen LogP contribution in [0.1, 0.15) is 5.56 Å². The molecule has 0 aromatic heterocycles. The monoisotopic (exact) mass is 233 g/mol. The first-order valence-corrected chi connectivity index (χ1v) is 4.06. The molecular weight excluding hydrogens is 229 g/mol. The van der Waals surface area contributed by atoms with Crippen molar-refractivity contribution in [2.75, 3.05) is 0 Å². The average molecular weight is 234 g/mol. The van der Waals surface area contributed by atoms with E-state index in [9.17, 15) is 4.39 Å². The summed E-state index contributed by atoms with van der Waals surface area (Å²) in [5.41, 5.74) is 5.85. The molecular formula is C7H5BrFNS. The third kappa shape index (κ3) is 1.97. The third-order valence-electron chi connectivity index (χ3n) is 1.19. The molecule has 0 unspecified atom stereocenters. The lowest BCUT2D eigenvalue weighted by Gasteiger charge is -2.00. The Morgan fingerprint density at radius 1 is 1.55 bits per heavy atom. The van der Waals surface area contributed by atoms with E-state index in [2.05, 4.69) is 15.9 Å². The molecule has 0 atom stereocenters. The first-order chi connectivity index (χ1) is 5.11. The Kier molecular flexibility index (Phi) is 2.57. The summed E-state index contributed by atoms with van der Waals surface area (Å²) in [6.45, 7) is 0. The smallest absolute Gasteiger partial charge is 0.123 e. The van der Waals surface area contributed by atoms with Gasteiger partial charge in [0.1, 0.15) is 10.8 Å². The number of hydrogen-bond donors (Lipinski definition) is 1. The molecule has 0 radical (unpaired) electrons. The molecule has 0 saturated heterocycles. The number of benzene rings is 1. The van der Waals surface area contributed by atoms with Gasteiger partial charge in [0.25, 0.3) is 0 Å². The molecule has 0 heterocycles. The highest BCUT2D eigenvalue weighted by molar-refractivity contribution is 9.10. The molecule has 11 heavy (non-hydrogen) atoms. The minimum absolute atomic E-state index is 0.191. The van der Waals surface area contributed by atoms with E-state index in [4.69, 9.17) is 18.0 Å². The molecule has 0 aliphatic rings. The quantitative estimate of drug-likeness (QED) is 0.754. The second-order valence-corrected chi connectivity index (χ2v) is 3.28. The van der Waals surface area contributed by atoms with E-state index in [1.165, 1.54) is 12.1 Å². The lowest BCUT2D eigenvalue weighted by Crippen LogP contribution is -2.10. The first-order valence-electron chi connectivity index (χ1n) is 2.86. The van der Waals surface area contributed by atoms with Gasteiger partial charge in [0.05, 0.1) is 0 Å². The van der Waals surface area contributed by atoms with Crippen molar-refractivity contribution >= 4 is 33.1 Å². The summed E-state index contributed by atoms with van der Waals surface area (Å²) in [4.78, 5) is 0.191. The summed E-state index contributed by atoms with van der Waals surface area (Å²) < 4.78 is 13.3. The van der Waals surface area contributed by atoms with Crippen molar-refractivity contribution in [1.29, 1.82) is 0 Å². The fourth-order valence-electron chi connectivity index (χ4n) is 0.686. The van der Waals surface area contributed by atoms with Gasteiger partial charge in [-0.3, -0.25) is 0 Å². The molecule has 1 nitrogen and oxygen atoms in total. The van der Waals surface area contributed by atoms with Gasteiger partial charge in [-0.05, 0) is 18.2 Å². The highest BCUT2D eigenvalue weighted by Crippen LogP contribution is 2.17. The van der Waals surface area contributed by atoms with Crippen molar-refractivity contribution in [3.63, 3.8) is 0 Å². The van der Waals surface area contributed by atoms with Crippen LogP contribution < -0.4 is 5.73 Å². The molecule has 0 amide bonds. The Bertz CT molecular complexity index is 300. The molecule has 0 fully saturated rings. The minimum Gasteiger partial charge on any atom is -0.389 e. The molecule has 0 spiro atoms. The molecule has 0 aliphatic carbocycles. The van der Waals surface area contributed by atoms with Gasteiger partial charge in [0.15, 0.2) is 0 Å². The zero-order chi connectivity index (χ0) is 8.43. The Balaban J connectivity index is 3.23. The van der Waals surface area contributed by atoms with Crippen molar-refractivity contribution in [2.24, 2.45) is 5.73 Å². The zero-order valence-electron chi connectivity index (χ0n) is 5.47. The van der Waals surface area contributed by atoms with Crippen LogP contribution in [0, 0.1) is 5.82 Å². The van der Waals surface area contributed by atoms with Crippen LogP contribution in [-0.2, 0) is 0 Å². The summed E-state index contributed by atoms with van der Waals surface area (Å²) in [5, 5.41) is 0. The average Bonchev–Trinajstić information content (AvgIpc) is 1.94. The Morgan fingerprint density at radius 2 is 2.18 bits per heavy atom. The second-order valence-electron chi connectivity index (χ2n) is 1.99.